The molecule has 4 aromatic rings. The second-order valence-electron chi connectivity index (χ2n) is 7.04. The van der Waals surface area contributed by atoms with Gasteiger partial charge in [0.1, 0.15) is 23.9 Å². The van der Waals surface area contributed by atoms with E-state index >= 15 is 0 Å². The SMILES string of the molecule is O=C(NCCc1c[nH]c2cc(OCc3ccccc3)ccc12)c1cc(O)cc(O)c1. The van der Waals surface area contributed by atoms with E-state index in [9.17, 15) is 15.0 Å². The highest BCUT2D eigenvalue weighted by atomic mass is 16.5. The highest BCUT2D eigenvalue weighted by Gasteiger charge is 2.10. The second-order valence-corrected chi connectivity index (χ2v) is 7.04. The summed E-state index contributed by atoms with van der Waals surface area (Å²) >= 11 is 0. The molecule has 0 unspecified atom stereocenters. The van der Waals surface area contributed by atoms with Crippen molar-refractivity contribution in [2.45, 2.75) is 13.0 Å². The van der Waals surface area contributed by atoms with Crippen LogP contribution in [0.15, 0.2) is 72.9 Å². The van der Waals surface area contributed by atoms with Crippen LogP contribution in [0.1, 0.15) is 21.5 Å². The second kappa shape index (κ2) is 8.61. The normalized spacial score (nSPS) is 10.8. The van der Waals surface area contributed by atoms with Crippen molar-refractivity contribution < 1.29 is 19.7 Å². The minimum Gasteiger partial charge on any atom is -0.508 e. The van der Waals surface area contributed by atoms with Crippen LogP contribution in [-0.4, -0.2) is 27.6 Å². The van der Waals surface area contributed by atoms with Gasteiger partial charge in [-0.25, -0.2) is 0 Å². The van der Waals surface area contributed by atoms with Gasteiger partial charge in [-0.1, -0.05) is 30.3 Å². The van der Waals surface area contributed by atoms with Gasteiger partial charge in [0.15, 0.2) is 0 Å². The molecule has 6 heteroatoms. The number of phenols is 2. The zero-order valence-corrected chi connectivity index (χ0v) is 16.3. The van der Waals surface area contributed by atoms with Crippen molar-refractivity contribution in [1.29, 1.82) is 0 Å². The molecule has 0 saturated heterocycles. The molecule has 0 atom stereocenters. The number of aromatic hydroxyl groups is 2. The molecule has 3 aromatic carbocycles. The number of phenolic OH excluding ortho intramolecular Hbond substituents is 2. The number of carbonyl (C=O) groups is 1. The molecular weight excluding hydrogens is 380 g/mol. The Morgan fingerprint density at radius 3 is 2.50 bits per heavy atom. The Hall–Kier alpha value is -3.93. The van der Waals surface area contributed by atoms with E-state index in [0.717, 1.165) is 27.8 Å². The maximum Gasteiger partial charge on any atom is 0.251 e. The number of hydrogen-bond acceptors (Lipinski definition) is 4. The van der Waals surface area contributed by atoms with Crippen LogP contribution in [0.25, 0.3) is 10.9 Å². The number of nitrogens with one attached hydrogen (secondary N) is 2. The molecule has 0 aliphatic heterocycles. The third-order valence-electron chi connectivity index (χ3n) is 4.83. The summed E-state index contributed by atoms with van der Waals surface area (Å²) in [6.07, 6.45) is 2.57. The summed E-state index contributed by atoms with van der Waals surface area (Å²) in [4.78, 5) is 15.5. The Balaban J connectivity index is 1.36. The minimum atomic E-state index is -0.349. The first-order chi connectivity index (χ1) is 14.6. The van der Waals surface area contributed by atoms with Crippen molar-refractivity contribution >= 4 is 16.8 Å². The van der Waals surface area contributed by atoms with Gasteiger partial charge < -0.3 is 25.3 Å². The first kappa shape index (κ1) is 19.4. The van der Waals surface area contributed by atoms with Gasteiger partial charge in [-0.2, -0.15) is 0 Å². The Morgan fingerprint density at radius 1 is 0.967 bits per heavy atom. The maximum absolute atomic E-state index is 12.2. The number of H-pyrrole nitrogens is 1. The molecule has 1 aromatic heterocycles. The Bertz CT molecular complexity index is 1150. The van der Waals surface area contributed by atoms with Crippen LogP contribution in [0.4, 0.5) is 0 Å². The summed E-state index contributed by atoms with van der Waals surface area (Å²) in [7, 11) is 0. The van der Waals surface area contributed by atoms with Crippen molar-refractivity contribution in [2.24, 2.45) is 0 Å². The average Bonchev–Trinajstić information content (AvgIpc) is 3.14. The van der Waals surface area contributed by atoms with Gasteiger partial charge in [0.25, 0.3) is 5.91 Å². The number of carbonyl (C=O) groups excluding carboxylic acids is 1. The van der Waals surface area contributed by atoms with Crippen LogP contribution in [0.5, 0.6) is 17.2 Å². The summed E-state index contributed by atoms with van der Waals surface area (Å²) in [6, 6.07) is 19.7. The highest BCUT2D eigenvalue weighted by Crippen LogP contribution is 2.24. The largest absolute Gasteiger partial charge is 0.508 e. The summed E-state index contributed by atoms with van der Waals surface area (Å²) in [5.74, 6) is 0.138. The van der Waals surface area contributed by atoms with Crippen molar-refractivity contribution in [3.05, 3.63) is 89.6 Å². The van der Waals surface area contributed by atoms with Crippen LogP contribution >= 0.6 is 0 Å². The van der Waals surface area contributed by atoms with Crippen LogP contribution < -0.4 is 10.1 Å². The van der Waals surface area contributed by atoms with E-state index in [1.807, 2.05) is 54.7 Å². The van der Waals surface area contributed by atoms with Gasteiger partial charge in [-0.3, -0.25) is 4.79 Å². The fourth-order valence-electron chi connectivity index (χ4n) is 3.34. The van der Waals surface area contributed by atoms with E-state index in [1.165, 1.54) is 18.2 Å². The third kappa shape index (κ3) is 4.55. The summed E-state index contributed by atoms with van der Waals surface area (Å²) < 4.78 is 5.87. The quantitative estimate of drug-likeness (QED) is 0.374. The number of hydrogen-bond donors (Lipinski definition) is 4. The molecule has 0 radical (unpaired) electrons. The molecule has 0 fully saturated rings. The fraction of sp³-hybridized carbons (Fsp3) is 0.125. The lowest BCUT2D eigenvalue weighted by molar-refractivity contribution is 0.0953. The van der Waals surface area contributed by atoms with Crippen molar-refractivity contribution in [3.8, 4) is 17.2 Å². The lowest BCUT2D eigenvalue weighted by Gasteiger charge is -2.07. The Morgan fingerprint density at radius 2 is 1.73 bits per heavy atom. The smallest absolute Gasteiger partial charge is 0.251 e. The lowest BCUT2D eigenvalue weighted by Crippen LogP contribution is -2.25. The highest BCUT2D eigenvalue weighted by molar-refractivity contribution is 5.95. The number of aromatic nitrogens is 1. The van der Waals surface area contributed by atoms with E-state index in [1.54, 1.807) is 0 Å². The van der Waals surface area contributed by atoms with Gasteiger partial charge in [-0.15, -0.1) is 0 Å². The predicted octanol–water partition coefficient (Wildman–Crippen LogP) is 4.13. The molecule has 1 heterocycles. The average molecular weight is 402 g/mol. The van der Waals surface area contributed by atoms with E-state index in [4.69, 9.17) is 4.74 Å². The van der Waals surface area contributed by atoms with Gasteiger partial charge >= 0.3 is 0 Å². The molecule has 30 heavy (non-hydrogen) atoms. The van der Waals surface area contributed by atoms with Crippen molar-refractivity contribution in [3.63, 3.8) is 0 Å². The van der Waals surface area contributed by atoms with Crippen LogP contribution in [0.2, 0.25) is 0 Å². The third-order valence-corrected chi connectivity index (χ3v) is 4.83. The summed E-state index contributed by atoms with van der Waals surface area (Å²) in [6.45, 7) is 0.936. The van der Waals surface area contributed by atoms with E-state index < -0.39 is 0 Å². The van der Waals surface area contributed by atoms with Crippen LogP contribution in [0, 0.1) is 0 Å². The zero-order chi connectivity index (χ0) is 20.9. The predicted molar refractivity (Wildman–Crippen MR) is 115 cm³/mol. The number of ether oxygens (including phenoxy) is 1. The molecule has 0 aliphatic rings. The van der Waals surface area contributed by atoms with E-state index in [-0.39, 0.29) is 23.0 Å². The molecule has 6 nitrogen and oxygen atoms in total. The van der Waals surface area contributed by atoms with Crippen LogP contribution in [0.3, 0.4) is 0 Å². The number of fused-ring (bicyclic) bond motifs is 1. The number of benzene rings is 3. The molecule has 1 amide bonds. The number of amides is 1. The van der Waals surface area contributed by atoms with E-state index in [0.29, 0.717) is 19.6 Å². The van der Waals surface area contributed by atoms with E-state index in [2.05, 4.69) is 10.3 Å². The molecule has 4 N–H and O–H groups in total. The zero-order valence-electron chi connectivity index (χ0n) is 16.3. The van der Waals surface area contributed by atoms with Gasteiger partial charge in [0.2, 0.25) is 0 Å². The minimum absolute atomic E-state index is 0.151. The molecule has 0 bridgehead atoms. The van der Waals surface area contributed by atoms with Gasteiger partial charge in [0.05, 0.1) is 0 Å². The Labute approximate surface area is 173 Å². The molecule has 4 rings (SSSR count). The molecule has 152 valence electrons. The number of rotatable bonds is 7. The van der Waals surface area contributed by atoms with Crippen LogP contribution in [-0.2, 0) is 13.0 Å². The lowest BCUT2D eigenvalue weighted by atomic mass is 10.1. The molecule has 0 spiro atoms. The summed E-state index contributed by atoms with van der Waals surface area (Å²) in [5.41, 5.74) is 3.38. The topological polar surface area (TPSA) is 94.6 Å². The first-order valence-corrected chi connectivity index (χ1v) is 9.66. The Kier molecular flexibility index (Phi) is 5.57. The monoisotopic (exact) mass is 402 g/mol. The molecule has 0 aliphatic carbocycles. The molecular formula is C24H22N2O4. The van der Waals surface area contributed by atoms with Crippen molar-refractivity contribution in [1.82, 2.24) is 10.3 Å². The standard InChI is InChI=1S/C24H22N2O4/c27-19-10-18(11-20(28)12-19)24(29)25-9-8-17-14-26-23-13-21(6-7-22(17)23)30-15-16-4-2-1-3-5-16/h1-7,10-14,26-28H,8-9,15H2,(H,25,29). The maximum atomic E-state index is 12.2. The van der Waals surface area contributed by atoms with Gasteiger partial charge in [0, 0.05) is 41.3 Å². The first-order valence-electron chi connectivity index (χ1n) is 9.66. The molecule has 0 saturated carbocycles. The van der Waals surface area contributed by atoms with Crippen molar-refractivity contribution in [2.75, 3.05) is 6.54 Å². The fourth-order valence-corrected chi connectivity index (χ4v) is 3.34. The number of aromatic amines is 1. The van der Waals surface area contributed by atoms with Gasteiger partial charge in [-0.05, 0) is 41.8 Å². The summed E-state index contributed by atoms with van der Waals surface area (Å²) in [5, 5.41) is 22.9.